The van der Waals surface area contributed by atoms with E-state index >= 15 is 0 Å². The van der Waals surface area contributed by atoms with Gasteiger partial charge in [0, 0.05) is 81.2 Å². The van der Waals surface area contributed by atoms with Crippen molar-refractivity contribution in [2.24, 2.45) is 0 Å². The van der Waals surface area contributed by atoms with Crippen LogP contribution in [0.3, 0.4) is 0 Å². The third kappa shape index (κ3) is 14.4. The van der Waals surface area contributed by atoms with E-state index in [0.29, 0.717) is 26.4 Å². The second-order valence-corrected chi connectivity index (χ2v) is 15.1. The van der Waals surface area contributed by atoms with E-state index in [1.54, 1.807) is 42.7 Å². The molecular weight excluding hydrogens is 484 g/mol. The fraction of sp³-hybridized carbons (Fsp3) is 1.00. The maximum Gasteiger partial charge on any atom is 0.679 e. The first-order chi connectivity index (χ1) is 15.8. The minimum absolute atomic E-state index is 0.548. The van der Waals surface area contributed by atoms with Crippen LogP contribution < -0.4 is 0 Å². The molecule has 0 amide bonds. The Morgan fingerprint density at radius 2 is 0.636 bits per heavy atom. The van der Waals surface area contributed by atoms with Crippen LogP contribution in [0.2, 0.25) is 12.1 Å². The van der Waals surface area contributed by atoms with Crippen LogP contribution >= 0.6 is 0 Å². The normalized spacial score (nSPS) is 12.5. The maximum atomic E-state index is 5.42. The molecule has 0 saturated heterocycles. The molecule has 202 valence electrons. The predicted octanol–water partition coefficient (Wildman–Crippen LogP) is 3.87. The van der Waals surface area contributed by atoms with Gasteiger partial charge in [-0.3, -0.25) is 0 Å². The first-order valence-electron chi connectivity index (χ1n) is 11.7. The lowest BCUT2D eigenvalue weighted by molar-refractivity contribution is -0.0247. The molecule has 10 nitrogen and oxygen atoms in total. The highest BCUT2D eigenvalue weighted by Crippen LogP contribution is 2.21. The summed E-state index contributed by atoms with van der Waals surface area (Å²) in [6.07, 6.45) is 4.27. The monoisotopic (exact) mass is 534 g/mol. The molecule has 33 heavy (non-hydrogen) atoms. The highest BCUT2D eigenvalue weighted by molar-refractivity contribution is 6.60. The Kier molecular flexibility index (Phi) is 23.1. The Morgan fingerprint density at radius 1 is 0.394 bits per heavy atom. The lowest BCUT2D eigenvalue weighted by atomic mass is 10.2. The van der Waals surface area contributed by atoms with Gasteiger partial charge in [-0.25, -0.2) is 0 Å². The quantitative estimate of drug-likeness (QED) is 0.160. The zero-order valence-electron chi connectivity index (χ0n) is 22.7. The molecule has 0 atom stereocenters. The Morgan fingerprint density at radius 3 is 0.818 bits per heavy atom. The number of hydrogen-bond donors (Lipinski definition) is 0. The lowest BCUT2D eigenvalue weighted by Crippen LogP contribution is -2.49. The Hall–Kier alpha value is 0.251. The van der Waals surface area contributed by atoms with Gasteiger partial charge in [0.2, 0.25) is 0 Å². The minimum Gasteiger partial charge on any atom is -0.377 e. The summed E-state index contributed by atoms with van der Waals surface area (Å²) in [5.74, 6) is 0. The topological polar surface area (TPSA) is 92.3 Å². The van der Waals surface area contributed by atoms with Crippen LogP contribution in [0, 0.1) is 0 Å². The highest BCUT2D eigenvalue weighted by Gasteiger charge is 2.44. The molecule has 0 heterocycles. The summed E-state index contributed by atoms with van der Waals surface area (Å²) >= 11 is 0. The average molecular weight is 535 g/mol. The van der Waals surface area contributed by atoms with Crippen LogP contribution in [0.4, 0.5) is 0 Å². The van der Waals surface area contributed by atoms with Gasteiger partial charge in [0.1, 0.15) is 0 Å². The van der Waals surface area contributed by atoms with E-state index in [1.165, 1.54) is 0 Å². The van der Waals surface area contributed by atoms with Gasteiger partial charge >= 0.3 is 26.7 Å². The first kappa shape index (κ1) is 35.4. The van der Waals surface area contributed by atoms with Gasteiger partial charge in [-0.1, -0.05) is 12.8 Å². The molecule has 0 aliphatic rings. The van der Waals surface area contributed by atoms with Crippen LogP contribution in [0.25, 0.3) is 0 Å². The number of unbranched alkanes of at least 4 members (excludes halogenated alkanes) is 3. The van der Waals surface area contributed by atoms with Crippen molar-refractivity contribution in [3.63, 3.8) is 0 Å². The molecule has 0 aliphatic carbocycles. The molecule has 0 bridgehead atoms. The molecule has 0 radical (unpaired) electrons. The molecule has 0 spiro atoms. The maximum absolute atomic E-state index is 5.42. The van der Waals surface area contributed by atoms with E-state index in [9.17, 15) is 0 Å². The fourth-order valence-corrected chi connectivity index (χ4v) is 8.61. The summed E-state index contributed by atoms with van der Waals surface area (Å²) in [6, 6.07) is 1.69. The van der Waals surface area contributed by atoms with Gasteiger partial charge in [0.25, 0.3) is 0 Å². The van der Waals surface area contributed by atoms with Crippen molar-refractivity contribution in [3.05, 3.63) is 0 Å². The summed E-state index contributed by atoms with van der Waals surface area (Å²) in [4.78, 5) is 0. The minimum atomic E-state index is -2.80. The van der Waals surface area contributed by atoms with Gasteiger partial charge < -0.3 is 44.3 Å². The third-order valence-corrected chi connectivity index (χ3v) is 13.1. The predicted molar refractivity (Wildman–Crippen MR) is 134 cm³/mol. The van der Waals surface area contributed by atoms with Gasteiger partial charge in [0.05, 0.1) is 0 Å². The van der Waals surface area contributed by atoms with Crippen molar-refractivity contribution in [1.29, 1.82) is 0 Å². The molecule has 0 aliphatic heterocycles. The second-order valence-electron chi connectivity index (χ2n) is 6.74. The van der Waals surface area contributed by atoms with Crippen molar-refractivity contribution in [3.8, 4) is 0 Å². The molecule has 0 unspecified atom stereocenters. The molecule has 0 N–H and O–H groups in total. The smallest absolute Gasteiger partial charge is 0.377 e. The Balaban J connectivity index is 0. The largest absolute Gasteiger partial charge is 0.679 e. The van der Waals surface area contributed by atoms with E-state index in [0.717, 1.165) is 37.8 Å². The zero-order valence-corrected chi connectivity index (χ0v) is 25.7. The molecular formula is C20H50O10Si3. The van der Waals surface area contributed by atoms with Crippen molar-refractivity contribution in [2.75, 3.05) is 69.1 Å². The Labute approximate surface area is 205 Å². The average Bonchev–Trinajstić information content (AvgIpc) is 2.83. The molecule has 13 heteroatoms. The standard InChI is InChI=1S/C12H30O6Si2.C8H20O4Si/c1-13-19(14-2,15-3)11-9-7-8-10-12-20(16-4,17-5)18-6;1-5-9-13(10-6-2,11-7-3)12-8-4/h7-12H2,1-6H3;5-8H2,1-4H3. The van der Waals surface area contributed by atoms with Crippen molar-refractivity contribution < 1.29 is 44.3 Å². The van der Waals surface area contributed by atoms with E-state index in [4.69, 9.17) is 44.3 Å². The summed E-state index contributed by atoms with van der Waals surface area (Å²) in [5, 5.41) is 0. The highest BCUT2D eigenvalue weighted by atomic mass is 28.4. The van der Waals surface area contributed by atoms with Crippen LogP contribution in [-0.4, -0.2) is 95.7 Å². The van der Waals surface area contributed by atoms with E-state index in [-0.39, 0.29) is 0 Å². The fourth-order valence-electron chi connectivity index (χ4n) is 3.11. The molecule has 0 saturated carbocycles. The van der Waals surface area contributed by atoms with Crippen LogP contribution in [-0.2, 0) is 44.3 Å². The third-order valence-electron chi connectivity index (χ3n) is 4.87. The van der Waals surface area contributed by atoms with Crippen molar-refractivity contribution in [2.45, 2.75) is 65.5 Å². The number of rotatable bonds is 21. The van der Waals surface area contributed by atoms with Gasteiger partial charge in [-0.05, 0) is 40.5 Å². The molecule has 0 fully saturated rings. The van der Waals surface area contributed by atoms with Crippen LogP contribution in [0.1, 0.15) is 53.4 Å². The van der Waals surface area contributed by atoms with Crippen molar-refractivity contribution >= 4 is 26.7 Å². The van der Waals surface area contributed by atoms with Gasteiger partial charge in [-0.15, -0.1) is 0 Å². The molecule has 0 rings (SSSR count). The summed E-state index contributed by atoms with van der Waals surface area (Å²) in [6.45, 7) is 9.80. The summed E-state index contributed by atoms with van der Waals surface area (Å²) in [7, 11) is 2.29. The summed E-state index contributed by atoms with van der Waals surface area (Å²) < 4.78 is 54.0. The summed E-state index contributed by atoms with van der Waals surface area (Å²) in [5.41, 5.74) is 0. The number of hydrogen-bond acceptors (Lipinski definition) is 10. The van der Waals surface area contributed by atoms with E-state index < -0.39 is 26.7 Å². The van der Waals surface area contributed by atoms with E-state index in [1.807, 2.05) is 27.7 Å². The SMILES string of the molecule is CCO[Si](OCC)(OCC)OCC.CO[Si](CCCCCC[Si](OC)(OC)OC)(OC)OC. The van der Waals surface area contributed by atoms with Crippen LogP contribution in [0.5, 0.6) is 0 Å². The van der Waals surface area contributed by atoms with Crippen LogP contribution in [0.15, 0.2) is 0 Å². The lowest BCUT2D eigenvalue weighted by Gasteiger charge is -2.26. The molecule has 0 aromatic rings. The Bertz CT molecular complexity index is 357. The van der Waals surface area contributed by atoms with Gasteiger partial charge in [0.15, 0.2) is 0 Å². The molecule has 0 aromatic heterocycles. The second kappa shape index (κ2) is 21.5. The molecule has 0 aromatic carbocycles. The zero-order chi connectivity index (χ0) is 25.6. The first-order valence-corrected chi connectivity index (χ1v) is 17.2. The van der Waals surface area contributed by atoms with Gasteiger partial charge in [-0.2, -0.15) is 0 Å². The van der Waals surface area contributed by atoms with E-state index in [2.05, 4.69) is 0 Å². The van der Waals surface area contributed by atoms with Crippen molar-refractivity contribution in [1.82, 2.24) is 0 Å².